The summed E-state index contributed by atoms with van der Waals surface area (Å²) >= 11 is 0. The fourth-order valence-corrected chi connectivity index (χ4v) is 2.44. The third-order valence-corrected chi connectivity index (χ3v) is 4.12. The van der Waals surface area contributed by atoms with Crippen LogP contribution in [0.3, 0.4) is 0 Å². The van der Waals surface area contributed by atoms with Crippen molar-refractivity contribution in [2.45, 2.75) is 57.0 Å². The molecule has 0 atom stereocenters. The van der Waals surface area contributed by atoms with Gasteiger partial charge in [-0.25, -0.2) is 9.97 Å². The molecule has 0 radical (unpaired) electrons. The number of nitrogens with zero attached hydrogens (tertiary/aromatic N) is 2. The van der Waals surface area contributed by atoms with Crippen LogP contribution in [0.25, 0.3) is 0 Å². The van der Waals surface area contributed by atoms with Crippen molar-refractivity contribution in [3.63, 3.8) is 0 Å². The fourth-order valence-electron chi connectivity index (χ4n) is 2.44. The molecule has 20 heavy (non-hydrogen) atoms. The maximum Gasteiger partial charge on any atom is 0.136 e. The maximum absolute atomic E-state index is 10.2. The fraction of sp³-hybridized carbons (Fsp3) is 0.733. The lowest BCUT2D eigenvalue weighted by atomic mass is 9.80. The van der Waals surface area contributed by atoms with Crippen LogP contribution in [0.5, 0.6) is 0 Å². The summed E-state index contributed by atoms with van der Waals surface area (Å²) in [5, 5.41) is 16.8. The van der Waals surface area contributed by atoms with E-state index >= 15 is 0 Å². The number of rotatable bonds is 7. The van der Waals surface area contributed by atoms with Crippen LogP contribution in [-0.4, -0.2) is 33.8 Å². The lowest BCUT2D eigenvalue weighted by Gasteiger charge is -2.36. The van der Waals surface area contributed by atoms with Gasteiger partial charge in [0, 0.05) is 25.1 Å². The van der Waals surface area contributed by atoms with Gasteiger partial charge in [0.1, 0.15) is 17.5 Å². The minimum atomic E-state index is -0.526. The minimum Gasteiger partial charge on any atom is -0.388 e. The molecule has 0 spiro atoms. The van der Waals surface area contributed by atoms with Crippen LogP contribution in [0.15, 0.2) is 6.07 Å². The lowest BCUT2D eigenvalue weighted by molar-refractivity contribution is -0.0202. The third kappa shape index (κ3) is 3.20. The molecule has 110 valence electrons. The highest BCUT2D eigenvalue weighted by Crippen LogP contribution is 2.39. The highest BCUT2D eigenvalue weighted by Gasteiger charge is 2.34. The summed E-state index contributed by atoms with van der Waals surface area (Å²) in [5.41, 5.74) is -0.526. The molecule has 5 heteroatoms. The van der Waals surface area contributed by atoms with Crippen molar-refractivity contribution >= 4 is 11.6 Å². The Morgan fingerprint density at radius 1 is 1.25 bits per heavy atom. The van der Waals surface area contributed by atoms with E-state index in [4.69, 9.17) is 0 Å². The van der Waals surface area contributed by atoms with E-state index in [2.05, 4.69) is 27.5 Å². The first-order chi connectivity index (χ1) is 9.68. The number of hydrogen-bond donors (Lipinski definition) is 3. The van der Waals surface area contributed by atoms with Crippen LogP contribution in [0.4, 0.5) is 11.6 Å². The lowest BCUT2D eigenvalue weighted by Crippen LogP contribution is -2.43. The minimum absolute atomic E-state index is 0.526. The molecule has 0 aromatic carbocycles. The summed E-state index contributed by atoms with van der Waals surface area (Å²) in [6.07, 6.45) is 6.37. The standard InChI is InChI=1S/C15H24N4O/c1-2-8-16-12-9-13(17-10-15(20)6-3-7-15)19-14(18-12)11-4-5-11/h9,11,20H,2-8,10H2,1H3,(H2,16,17,18,19). The number of aromatic nitrogens is 2. The van der Waals surface area contributed by atoms with Crippen LogP contribution >= 0.6 is 0 Å². The van der Waals surface area contributed by atoms with Crippen LogP contribution in [0.2, 0.25) is 0 Å². The smallest absolute Gasteiger partial charge is 0.136 e. The summed E-state index contributed by atoms with van der Waals surface area (Å²) in [7, 11) is 0. The Morgan fingerprint density at radius 2 is 1.95 bits per heavy atom. The molecule has 0 aliphatic heterocycles. The first kappa shape index (κ1) is 13.6. The van der Waals surface area contributed by atoms with E-state index in [1.54, 1.807) is 0 Å². The Hall–Kier alpha value is -1.36. The molecule has 2 aliphatic rings. The average Bonchev–Trinajstić information content (AvgIpc) is 3.25. The molecule has 3 N–H and O–H groups in total. The largest absolute Gasteiger partial charge is 0.388 e. The number of nitrogens with one attached hydrogen (secondary N) is 2. The van der Waals surface area contributed by atoms with Crippen LogP contribution in [-0.2, 0) is 0 Å². The number of anilines is 2. The third-order valence-electron chi connectivity index (χ3n) is 4.12. The molecule has 1 heterocycles. The monoisotopic (exact) mass is 276 g/mol. The first-order valence-electron chi connectivity index (χ1n) is 7.78. The van der Waals surface area contributed by atoms with E-state index in [-0.39, 0.29) is 0 Å². The Balaban J connectivity index is 1.69. The molecule has 2 saturated carbocycles. The van der Waals surface area contributed by atoms with Gasteiger partial charge < -0.3 is 15.7 Å². The van der Waals surface area contributed by atoms with Gasteiger partial charge in [0.2, 0.25) is 0 Å². The van der Waals surface area contributed by atoms with Crippen molar-refractivity contribution in [1.82, 2.24) is 9.97 Å². The van der Waals surface area contributed by atoms with Crippen molar-refractivity contribution in [3.8, 4) is 0 Å². The summed E-state index contributed by atoms with van der Waals surface area (Å²) in [6.45, 7) is 3.65. The van der Waals surface area contributed by atoms with Crippen LogP contribution in [0.1, 0.15) is 57.2 Å². The number of hydrogen-bond acceptors (Lipinski definition) is 5. The topological polar surface area (TPSA) is 70.1 Å². The zero-order valence-corrected chi connectivity index (χ0v) is 12.2. The Bertz CT molecular complexity index is 469. The summed E-state index contributed by atoms with van der Waals surface area (Å²) in [6, 6.07) is 1.95. The Labute approximate surface area is 120 Å². The van der Waals surface area contributed by atoms with Gasteiger partial charge in [-0.3, -0.25) is 0 Å². The van der Waals surface area contributed by atoms with Gasteiger partial charge in [0.25, 0.3) is 0 Å². The van der Waals surface area contributed by atoms with Gasteiger partial charge in [-0.1, -0.05) is 6.92 Å². The highest BCUT2D eigenvalue weighted by atomic mass is 16.3. The van der Waals surface area contributed by atoms with Crippen molar-refractivity contribution in [3.05, 3.63) is 11.9 Å². The Kier molecular flexibility index (Phi) is 3.78. The average molecular weight is 276 g/mol. The van der Waals surface area contributed by atoms with Gasteiger partial charge in [0.15, 0.2) is 0 Å². The second-order valence-corrected chi connectivity index (χ2v) is 6.13. The molecular weight excluding hydrogens is 252 g/mol. The summed E-state index contributed by atoms with van der Waals surface area (Å²) in [4.78, 5) is 9.18. The zero-order valence-electron chi connectivity index (χ0n) is 12.2. The molecule has 0 bridgehead atoms. The predicted molar refractivity (Wildman–Crippen MR) is 80.1 cm³/mol. The SMILES string of the molecule is CCCNc1cc(NCC2(O)CCC2)nc(C2CC2)n1. The van der Waals surface area contributed by atoms with E-state index < -0.39 is 5.60 Å². The van der Waals surface area contributed by atoms with E-state index in [1.807, 2.05) is 6.07 Å². The summed E-state index contributed by atoms with van der Waals surface area (Å²) in [5.74, 6) is 3.20. The van der Waals surface area contributed by atoms with Crippen molar-refractivity contribution in [1.29, 1.82) is 0 Å². The quantitative estimate of drug-likeness (QED) is 0.714. The molecule has 2 aliphatic carbocycles. The van der Waals surface area contributed by atoms with Gasteiger partial charge in [0.05, 0.1) is 5.60 Å². The van der Waals surface area contributed by atoms with E-state index in [9.17, 15) is 5.11 Å². The van der Waals surface area contributed by atoms with Gasteiger partial charge >= 0.3 is 0 Å². The van der Waals surface area contributed by atoms with Crippen molar-refractivity contribution < 1.29 is 5.11 Å². The van der Waals surface area contributed by atoms with E-state index in [0.29, 0.717) is 12.5 Å². The van der Waals surface area contributed by atoms with Gasteiger partial charge in [-0.2, -0.15) is 0 Å². The highest BCUT2D eigenvalue weighted by molar-refractivity contribution is 5.48. The van der Waals surface area contributed by atoms with Crippen molar-refractivity contribution in [2.24, 2.45) is 0 Å². The molecular formula is C15H24N4O. The van der Waals surface area contributed by atoms with E-state index in [0.717, 1.165) is 49.7 Å². The molecule has 0 amide bonds. The predicted octanol–water partition coefficient (Wildman–Crippen LogP) is 2.50. The maximum atomic E-state index is 10.2. The number of aliphatic hydroxyl groups is 1. The molecule has 5 nitrogen and oxygen atoms in total. The molecule has 1 aromatic heterocycles. The molecule has 1 aromatic rings. The normalized spacial score (nSPS) is 20.3. The van der Waals surface area contributed by atoms with Crippen molar-refractivity contribution in [2.75, 3.05) is 23.7 Å². The van der Waals surface area contributed by atoms with Crippen LogP contribution < -0.4 is 10.6 Å². The molecule has 3 rings (SSSR count). The first-order valence-corrected chi connectivity index (χ1v) is 7.78. The van der Waals surface area contributed by atoms with Crippen LogP contribution in [0, 0.1) is 0 Å². The second kappa shape index (κ2) is 5.56. The molecule has 0 saturated heterocycles. The second-order valence-electron chi connectivity index (χ2n) is 6.13. The van der Waals surface area contributed by atoms with Gasteiger partial charge in [-0.05, 0) is 38.5 Å². The van der Waals surface area contributed by atoms with E-state index in [1.165, 1.54) is 12.8 Å². The Morgan fingerprint density at radius 3 is 2.50 bits per heavy atom. The zero-order chi connectivity index (χ0) is 14.0. The molecule has 2 fully saturated rings. The molecule has 0 unspecified atom stereocenters. The van der Waals surface area contributed by atoms with Gasteiger partial charge in [-0.15, -0.1) is 0 Å². The summed E-state index contributed by atoms with van der Waals surface area (Å²) < 4.78 is 0.